The summed E-state index contributed by atoms with van der Waals surface area (Å²) in [5.74, 6) is -2.59. The standard InChI is InChI=1S/C13H15FN4O4P.Y/c1-4-13(14,22-8-23(19,20)21)9(2)5-18-7-17-11-10(3)15-6-16-12(11)18;/h4,7H,1-2,5,8H2,3H3,(H2,19,20,21);/q-1;/t13-;/m1./s1. The summed E-state index contributed by atoms with van der Waals surface area (Å²) in [5, 5.41) is 0. The average molecular weight is 430 g/mol. The fourth-order valence-corrected chi connectivity index (χ4v) is 2.22. The van der Waals surface area contributed by atoms with Crippen LogP contribution >= 0.6 is 7.60 Å². The molecule has 0 saturated carbocycles. The summed E-state index contributed by atoms with van der Waals surface area (Å²) in [6.45, 7) is 8.52. The van der Waals surface area contributed by atoms with Gasteiger partial charge in [0.2, 0.25) is 0 Å². The van der Waals surface area contributed by atoms with Crippen molar-refractivity contribution in [3.63, 3.8) is 0 Å². The maximum Gasteiger partial charge on any atom is 0.351 e. The maximum absolute atomic E-state index is 14.7. The molecule has 0 bridgehead atoms. The van der Waals surface area contributed by atoms with Gasteiger partial charge in [-0.25, -0.2) is 4.39 Å². The molecule has 127 valence electrons. The van der Waals surface area contributed by atoms with Crippen LogP contribution < -0.4 is 0 Å². The Morgan fingerprint density at radius 1 is 1.58 bits per heavy atom. The van der Waals surface area contributed by atoms with Gasteiger partial charge >= 0.3 is 7.60 Å². The van der Waals surface area contributed by atoms with E-state index in [-0.39, 0.29) is 44.8 Å². The third kappa shape index (κ3) is 4.84. The minimum Gasteiger partial charge on any atom is -0.369 e. The molecule has 2 aromatic rings. The van der Waals surface area contributed by atoms with Crippen molar-refractivity contribution >= 4 is 18.8 Å². The van der Waals surface area contributed by atoms with Crippen LogP contribution in [0.5, 0.6) is 0 Å². The van der Waals surface area contributed by atoms with E-state index < -0.39 is 19.8 Å². The zero-order valence-electron chi connectivity index (χ0n) is 12.9. The van der Waals surface area contributed by atoms with Gasteiger partial charge in [-0.15, -0.1) is 0 Å². The van der Waals surface area contributed by atoms with Crippen LogP contribution in [0.3, 0.4) is 0 Å². The Morgan fingerprint density at radius 2 is 2.25 bits per heavy atom. The molecular formula is C13H15FN4O4PY-. The first-order valence-corrected chi connectivity index (χ1v) is 8.21. The molecule has 0 aromatic carbocycles. The molecule has 0 aliphatic heterocycles. The first kappa shape index (κ1) is 21.2. The van der Waals surface area contributed by atoms with E-state index >= 15 is 0 Å². The summed E-state index contributed by atoms with van der Waals surface area (Å²) >= 11 is 0. The second kappa shape index (κ2) is 8.04. The second-order valence-electron chi connectivity index (χ2n) is 4.84. The number of hydrogen-bond donors (Lipinski definition) is 2. The van der Waals surface area contributed by atoms with Crippen molar-refractivity contribution in [1.29, 1.82) is 0 Å². The zero-order valence-corrected chi connectivity index (χ0v) is 16.6. The van der Waals surface area contributed by atoms with Crippen LogP contribution in [0.1, 0.15) is 5.69 Å². The number of alkyl halides is 1. The molecule has 11 heteroatoms. The first-order valence-electron chi connectivity index (χ1n) is 6.41. The SMILES string of the molecule is C=C[C@@](F)(OCP(=O)(O)O)C(=C)Cn1cnc2c(C)n[c-]nc21.[Y]. The van der Waals surface area contributed by atoms with Gasteiger partial charge in [-0.05, 0) is 11.8 Å². The van der Waals surface area contributed by atoms with Crippen LogP contribution in [-0.2, 0) is 48.6 Å². The average Bonchev–Trinajstić information content (AvgIpc) is 2.88. The second-order valence-corrected chi connectivity index (χ2v) is 6.43. The van der Waals surface area contributed by atoms with Crippen molar-refractivity contribution in [2.75, 3.05) is 6.35 Å². The predicted octanol–water partition coefficient (Wildman–Crippen LogP) is 1.49. The van der Waals surface area contributed by atoms with Gasteiger partial charge in [-0.3, -0.25) is 9.55 Å². The van der Waals surface area contributed by atoms with Crippen LogP contribution in [0.2, 0.25) is 0 Å². The number of hydrogen-bond acceptors (Lipinski definition) is 5. The van der Waals surface area contributed by atoms with Gasteiger partial charge in [0, 0.05) is 62.3 Å². The normalized spacial score (nSPS) is 14.0. The molecule has 0 spiro atoms. The molecule has 8 nitrogen and oxygen atoms in total. The van der Waals surface area contributed by atoms with Crippen LogP contribution in [0.25, 0.3) is 11.2 Å². The largest absolute Gasteiger partial charge is 0.369 e. The molecule has 0 aliphatic rings. The quantitative estimate of drug-likeness (QED) is 0.389. The summed E-state index contributed by atoms with van der Waals surface area (Å²) in [7, 11) is -4.53. The van der Waals surface area contributed by atoms with Crippen LogP contribution in [0, 0.1) is 13.3 Å². The van der Waals surface area contributed by atoms with Gasteiger partial charge in [0.15, 0.2) is 6.35 Å². The first-order chi connectivity index (χ1) is 10.7. The van der Waals surface area contributed by atoms with Crippen molar-refractivity contribution < 1.29 is 56.2 Å². The Morgan fingerprint density at radius 3 is 2.83 bits per heavy atom. The van der Waals surface area contributed by atoms with E-state index in [4.69, 9.17) is 9.79 Å². The number of aromatic nitrogens is 4. The van der Waals surface area contributed by atoms with Crippen molar-refractivity contribution in [3.8, 4) is 0 Å². The number of halogens is 1. The Balaban J connectivity index is 0.00000288. The van der Waals surface area contributed by atoms with Crippen LogP contribution in [0.15, 0.2) is 31.1 Å². The minimum absolute atomic E-state index is 0. The van der Waals surface area contributed by atoms with Crippen molar-refractivity contribution in [1.82, 2.24) is 19.5 Å². The van der Waals surface area contributed by atoms with Gasteiger partial charge in [-0.1, -0.05) is 20.1 Å². The van der Waals surface area contributed by atoms with Gasteiger partial charge in [0.05, 0.1) is 6.33 Å². The molecular weight excluding hydrogens is 415 g/mol. The van der Waals surface area contributed by atoms with E-state index in [1.165, 1.54) is 10.9 Å². The number of nitrogens with zero attached hydrogens (tertiary/aromatic N) is 4. The summed E-state index contributed by atoms with van der Waals surface area (Å²) in [6, 6.07) is 0. The molecule has 0 fully saturated rings. The Kier molecular flexibility index (Phi) is 7.10. The monoisotopic (exact) mass is 430 g/mol. The molecule has 1 atom stereocenters. The van der Waals surface area contributed by atoms with E-state index in [1.54, 1.807) is 6.92 Å². The van der Waals surface area contributed by atoms with Gasteiger partial charge < -0.3 is 29.1 Å². The molecule has 0 saturated heterocycles. The predicted molar refractivity (Wildman–Crippen MR) is 80.1 cm³/mol. The molecule has 0 aliphatic carbocycles. The molecule has 2 N–H and O–H groups in total. The number of ether oxygens (including phenoxy) is 1. The van der Waals surface area contributed by atoms with E-state index in [0.717, 1.165) is 6.08 Å². The Bertz CT molecular complexity index is 808. The van der Waals surface area contributed by atoms with Gasteiger partial charge in [0.25, 0.3) is 5.85 Å². The third-order valence-corrected chi connectivity index (χ3v) is 3.54. The smallest absolute Gasteiger partial charge is 0.351 e. The number of imidazole rings is 1. The Labute approximate surface area is 162 Å². The van der Waals surface area contributed by atoms with Crippen molar-refractivity contribution in [2.45, 2.75) is 19.3 Å². The molecule has 24 heavy (non-hydrogen) atoms. The van der Waals surface area contributed by atoms with Crippen molar-refractivity contribution in [2.24, 2.45) is 0 Å². The van der Waals surface area contributed by atoms with E-state index in [9.17, 15) is 8.96 Å². The molecule has 2 aromatic heterocycles. The van der Waals surface area contributed by atoms with Crippen molar-refractivity contribution in [3.05, 3.63) is 43.2 Å². The Hall–Kier alpha value is -0.826. The number of rotatable bonds is 7. The molecule has 2 heterocycles. The molecule has 1 radical (unpaired) electrons. The topological polar surface area (TPSA) is 110 Å². The zero-order chi connectivity index (χ0) is 17.3. The van der Waals surface area contributed by atoms with Gasteiger partial charge in [0.1, 0.15) is 0 Å². The van der Waals surface area contributed by atoms with E-state index in [2.05, 4.69) is 39.2 Å². The van der Waals surface area contributed by atoms with E-state index in [0.29, 0.717) is 16.9 Å². The minimum atomic E-state index is -4.53. The summed E-state index contributed by atoms with van der Waals surface area (Å²) in [6.07, 6.45) is 3.59. The van der Waals surface area contributed by atoms with Crippen LogP contribution in [0.4, 0.5) is 4.39 Å². The number of aryl methyl sites for hydroxylation is 1. The molecule has 0 amide bonds. The molecule has 2 rings (SSSR count). The summed E-state index contributed by atoms with van der Waals surface area (Å²) in [4.78, 5) is 29.6. The van der Waals surface area contributed by atoms with Gasteiger partial charge in [-0.2, -0.15) is 0 Å². The van der Waals surface area contributed by atoms with Crippen LogP contribution in [-0.4, -0.2) is 41.5 Å². The maximum atomic E-state index is 14.7. The summed E-state index contributed by atoms with van der Waals surface area (Å²) in [5.41, 5.74) is 1.47. The van der Waals surface area contributed by atoms with E-state index in [1.807, 2.05) is 0 Å². The third-order valence-electron chi connectivity index (χ3n) is 3.08. The fourth-order valence-electron chi connectivity index (χ4n) is 1.86. The number of fused-ring (bicyclic) bond motifs is 1. The summed E-state index contributed by atoms with van der Waals surface area (Å²) < 4.78 is 31.7. The fraction of sp³-hybridized carbons (Fsp3) is 0.308. The molecule has 0 unspecified atom stereocenters.